The van der Waals surface area contributed by atoms with Gasteiger partial charge in [0.1, 0.15) is 6.23 Å². The fourth-order valence-electron chi connectivity index (χ4n) is 9.51. The summed E-state index contributed by atoms with van der Waals surface area (Å²) in [6.45, 7) is 18.4. The first kappa shape index (κ1) is 24.9. The summed E-state index contributed by atoms with van der Waals surface area (Å²) in [6.07, 6.45) is 7.96. The number of hydrogen-bond donors (Lipinski definition) is 3. The molecule has 4 nitrogen and oxygen atoms in total. The lowest BCUT2D eigenvalue weighted by Gasteiger charge is -2.63. The fourth-order valence-corrected chi connectivity index (χ4v) is 9.51. The quantitative estimate of drug-likeness (QED) is 0.567. The molecular formula is C28H52N2O2. The molecule has 2 heterocycles. The number of piperidine rings is 2. The van der Waals surface area contributed by atoms with Crippen LogP contribution in [0.1, 0.15) is 100 Å². The first-order valence-corrected chi connectivity index (χ1v) is 13.8. The molecule has 0 aromatic rings. The minimum absolute atomic E-state index is 0.00468. The normalized spacial score (nSPS) is 50.1. The Hall–Kier alpha value is -0.160. The molecule has 0 radical (unpaired) electrons. The monoisotopic (exact) mass is 448 g/mol. The third-order valence-corrected chi connectivity index (χ3v) is 10.7. The second kappa shape index (κ2) is 8.81. The molecule has 4 heteroatoms. The van der Waals surface area contributed by atoms with E-state index < -0.39 is 11.8 Å². The number of nitrogens with zero attached hydrogens (tertiary/aromatic N) is 1. The number of aliphatic hydroxyl groups is 2. The van der Waals surface area contributed by atoms with E-state index in [2.05, 4.69) is 58.7 Å². The summed E-state index contributed by atoms with van der Waals surface area (Å²) in [5, 5.41) is 27.6. The van der Waals surface area contributed by atoms with Gasteiger partial charge in [0.05, 0.1) is 5.60 Å². The Bertz CT molecular complexity index is 662. The summed E-state index contributed by atoms with van der Waals surface area (Å²) in [5.41, 5.74) is -0.717. The van der Waals surface area contributed by atoms with E-state index in [-0.39, 0.29) is 17.5 Å². The molecule has 4 fully saturated rings. The van der Waals surface area contributed by atoms with Crippen LogP contribution in [0.25, 0.3) is 0 Å². The molecule has 2 saturated carbocycles. The van der Waals surface area contributed by atoms with Crippen LogP contribution in [0.15, 0.2) is 0 Å². The van der Waals surface area contributed by atoms with Crippen LogP contribution >= 0.6 is 0 Å². The van der Waals surface area contributed by atoms with Crippen LogP contribution in [0.2, 0.25) is 0 Å². The lowest BCUT2D eigenvalue weighted by Crippen LogP contribution is -2.73. The van der Waals surface area contributed by atoms with Crippen molar-refractivity contribution >= 4 is 0 Å². The summed E-state index contributed by atoms with van der Waals surface area (Å²) in [7, 11) is 0. The van der Waals surface area contributed by atoms with Crippen LogP contribution in [0.4, 0.5) is 0 Å². The van der Waals surface area contributed by atoms with Gasteiger partial charge >= 0.3 is 0 Å². The van der Waals surface area contributed by atoms with Gasteiger partial charge in [0.2, 0.25) is 0 Å². The third kappa shape index (κ3) is 4.10. The van der Waals surface area contributed by atoms with Gasteiger partial charge in [0, 0.05) is 29.6 Å². The molecule has 186 valence electrons. The highest BCUT2D eigenvalue weighted by atomic mass is 16.3. The predicted octanol–water partition coefficient (Wildman–Crippen LogP) is 5.03. The van der Waals surface area contributed by atoms with Crippen molar-refractivity contribution in [3.05, 3.63) is 0 Å². The number of fused-ring (bicyclic) bond motifs is 2. The minimum Gasteiger partial charge on any atom is -0.388 e. The third-order valence-electron chi connectivity index (χ3n) is 10.7. The Morgan fingerprint density at radius 2 is 1.62 bits per heavy atom. The molecule has 0 amide bonds. The van der Waals surface area contributed by atoms with E-state index in [0.29, 0.717) is 47.6 Å². The average Bonchev–Trinajstić information content (AvgIpc) is 2.68. The number of aliphatic hydroxyl groups excluding tert-OH is 1. The summed E-state index contributed by atoms with van der Waals surface area (Å²) in [4.78, 5) is 2.38. The summed E-state index contributed by atoms with van der Waals surface area (Å²) < 4.78 is 0. The van der Waals surface area contributed by atoms with Crippen molar-refractivity contribution in [3.8, 4) is 0 Å². The average molecular weight is 449 g/mol. The van der Waals surface area contributed by atoms with Crippen molar-refractivity contribution < 1.29 is 10.2 Å². The fraction of sp³-hybridized carbons (Fsp3) is 1.00. The lowest BCUT2D eigenvalue weighted by molar-refractivity contribution is -0.214. The molecule has 32 heavy (non-hydrogen) atoms. The Morgan fingerprint density at radius 3 is 2.28 bits per heavy atom. The van der Waals surface area contributed by atoms with E-state index in [4.69, 9.17) is 0 Å². The Kier molecular flexibility index (Phi) is 6.87. The van der Waals surface area contributed by atoms with Gasteiger partial charge in [-0.2, -0.15) is 0 Å². The van der Waals surface area contributed by atoms with Crippen molar-refractivity contribution in [3.63, 3.8) is 0 Å². The molecule has 12 atom stereocenters. The van der Waals surface area contributed by atoms with E-state index in [1.54, 1.807) is 0 Å². The van der Waals surface area contributed by atoms with Crippen LogP contribution < -0.4 is 5.32 Å². The zero-order valence-corrected chi connectivity index (χ0v) is 22.1. The smallest absolute Gasteiger partial charge is 0.105 e. The van der Waals surface area contributed by atoms with Gasteiger partial charge in [-0.3, -0.25) is 4.90 Å². The largest absolute Gasteiger partial charge is 0.388 e. The maximum absolute atomic E-state index is 12.5. The van der Waals surface area contributed by atoms with Gasteiger partial charge in [-0.1, -0.05) is 47.0 Å². The van der Waals surface area contributed by atoms with Gasteiger partial charge < -0.3 is 15.5 Å². The van der Waals surface area contributed by atoms with Gasteiger partial charge in [0.25, 0.3) is 0 Å². The van der Waals surface area contributed by atoms with Gasteiger partial charge in [-0.05, 0) is 88.9 Å². The summed E-state index contributed by atoms with van der Waals surface area (Å²) >= 11 is 0. The van der Waals surface area contributed by atoms with Gasteiger partial charge in [0.15, 0.2) is 0 Å². The number of hydrogen-bond acceptors (Lipinski definition) is 4. The van der Waals surface area contributed by atoms with E-state index in [0.717, 1.165) is 12.8 Å². The number of rotatable bonds is 3. The Balaban J connectivity index is 1.70. The van der Waals surface area contributed by atoms with Crippen molar-refractivity contribution in [2.75, 3.05) is 0 Å². The molecule has 0 aromatic carbocycles. The molecular weight excluding hydrogens is 396 g/mol. The first-order valence-electron chi connectivity index (χ1n) is 13.8. The highest BCUT2D eigenvalue weighted by Crippen LogP contribution is 2.53. The highest BCUT2D eigenvalue weighted by molar-refractivity contribution is 5.12. The second-order valence-electron chi connectivity index (χ2n) is 13.5. The number of nitrogens with one attached hydrogen (secondary N) is 1. The Labute approximate surface area is 197 Å². The Morgan fingerprint density at radius 1 is 0.969 bits per heavy atom. The standard InChI is InChI=1S/C28H52N2O2/c1-16-11-9-14-23-24(16)18(3)19(4)26(30(23)20(5)31)28(8,32)22-13-10-12-21-17(2)15-27(6,7)29-25(21)22/h16-26,29,31-32H,9-15H2,1-8H3. The van der Waals surface area contributed by atoms with Crippen LogP contribution in [0.3, 0.4) is 0 Å². The molecule has 4 aliphatic rings. The van der Waals surface area contributed by atoms with Crippen LogP contribution in [0.5, 0.6) is 0 Å². The zero-order chi connectivity index (χ0) is 23.6. The second-order valence-corrected chi connectivity index (χ2v) is 13.5. The van der Waals surface area contributed by atoms with Gasteiger partial charge in [-0.15, -0.1) is 0 Å². The van der Waals surface area contributed by atoms with E-state index >= 15 is 0 Å². The molecule has 0 spiro atoms. The maximum Gasteiger partial charge on any atom is 0.105 e. The lowest BCUT2D eigenvalue weighted by atomic mass is 9.55. The first-order chi connectivity index (χ1) is 14.9. The number of likely N-dealkylation sites (tertiary alicyclic amines) is 1. The molecule has 2 aliphatic heterocycles. The van der Waals surface area contributed by atoms with Gasteiger partial charge in [-0.25, -0.2) is 0 Å². The summed E-state index contributed by atoms with van der Waals surface area (Å²) in [5.74, 6) is 3.79. The molecule has 0 bridgehead atoms. The van der Waals surface area contributed by atoms with Crippen LogP contribution in [0, 0.1) is 41.4 Å². The molecule has 0 aromatic heterocycles. The summed E-state index contributed by atoms with van der Waals surface area (Å²) in [6, 6.07) is 0.740. The molecule has 4 rings (SSSR count). The van der Waals surface area contributed by atoms with Crippen LogP contribution in [-0.4, -0.2) is 50.6 Å². The molecule has 2 saturated heterocycles. The topological polar surface area (TPSA) is 55.7 Å². The molecule has 3 N–H and O–H groups in total. The SMILES string of the molecule is CC1CC(C)(C)NC2C1CCCC2C(C)(O)C1C(C)C(C)C2C(C)CCCC2N1C(C)O. The van der Waals surface area contributed by atoms with Crippen molar-refractivity contribution in [2.24, 2.45) is 41.4 Å². The van der Waals surface area contributed by atoms with Crippen LogP contribution in [-0.2, 0) is 0 Å². The van der Waals surface area contributed by atoms with Crippen molar-refractivity contribution in [1.29, 1.82) is 0 Å². The zero-order valence-electron chi connectivity index (χ0n) is 22.1. The highest BCUT2D eigenvalue weighted by Gasteiger charge is 2.59. The minimum atomic E-state index is -0.834. The van der Waals surface area contributed by atoms with E-state index in [9.17, 15) is 10.2 Å². The maximum atomic E-state index is 12.5. The molecule has 12 unspecified atom stereocenters. The van der Waals surface area contributed by atoms with E-state index in [1.807, 2.05) is 6.92 Å². The van der Waals surface area contributed by atoms with E-state index in [1.165, 1.54) is 32.1 Å². The van der Waals surface area contributed by atoms with Crippen molar-refractivity contribution in [2.45, 2.75) is 136 Å². The molecule has 2 aliphatic carbocycles. The predicted molar refractivity (Wildman–Crippen MR) is 132 cm³/mol. The van der Waals surface area contributed by atoms with Crippen molar-refractivity contribution in [1.82, 2.24) is 10.2 Å².